The summed E-state index contributed by atoms with van der Waals surface area (Å²) in [7, 11) is 0. The molecule has 0 spiro atoms. The molecule has 0 aromatic heterocycles. The predicted octanol–water partition coefficient (Wildman–Crippen LogP) is 1.71. The fourth-order valence-electron chi connectivity index (χ4n) is 2.10. The van der Waals surface area contributed by atoms with Crippen molar-refractivity contribution in [1.29, 1.82) is 0 Å². The molecule has 1 saturated heterocycles. The number of ether oxygens (including phenoxy) is 1. The van der Waals surface area contributed by atoms with Gasteiger partial charge in [0.1, 0.15) is 0 Å². The first-order chi connectivity index (χ1) is 8.39. The molecule has 5 heteroatoms. The van der Waals surface area contributed by atoms with E-state index < -0.39 is 5.97 Å². The molecule has 1 fully saturated rings. The Morgan fingerprint density at radius 2 is 2.00 bits per heavy atom. The molecule has 1 heterocycles. The lowest BCUT2D eigenvalue weighted by molar-refractivity contribution is -0.137. The minimum atomic E-state index is -0.808. The lowest BCUT2D eigenvalue weighted by Gasteiger charge is -2.19. The molecule has 0 radical (unpaired) electrons. The van der Waals surface area contributed by atoms with Crippen LogP contribution in [0.4, 0.5) is 0 Å². The number of hydrogen-bond donors (Lipinski definition) is 2. The van der Waals surface area contributed by atoms with Crippen LogP contribution in [0.25, 0.3) is 0 Å². The van der Waals surface area contributed by atoms with Gasteiger partial charge in [0.25, 0.3) is 0 Å². The highest BCUT2D eigenvalue weighted by Crippen LogP contribution is 2.28. The molecule has 1 aliphatic heterocycles. The van der Waals surface area contributed by atoms with Gasteiger partial charge >= 0.3 is 5.97 Å². The Bertz CT molecular complexity index is 301. The maximum Gasteiger partial charge on any atom is 0.303 e. The maximum absolute atomic E-state index is 11.5. The molecule has 1 amide bonds. The molecule has 104 valence electrons. The lowest BCUT2D eigenvalue weighted by Crippen LogP contribution is -2.33. The van der Waals surface area contributed by atoms with E-state index in [2.05, 4.69) is 19.2 Å². The molecule has 0 aromatic carbocycles. The van der Waals surface area contributed by atoms with E-state index in [9.17, 15) is 9.59 Å². The van der Waals surface area contributed by atoms with Crippen LogP contribution in [0.3, 0.4) is 0 Å². The Morgan fingerprint density at radius 3 is 2.56 bits per heavy atom. The van der Waals surface area contributed by atoms with Crippen LogP contribution in [-0.2, 0) is 14.3 Å². The number of carboxylic acid groups (broad SMARTS) is 1. The van der Waals surface area contributed by atoms with Crippen molar-refractivity contribution in [1.82, 2.24) is 5.32 Å². The summed E-state index contributed by atoms with van der Waals surface area (Å²) in [5.74, 6) is -0.828. The summed E-state index contributed by atoms with van der Waals surface area (Å²) in [6.45, 7) is 4.67. The van der Waals surface area contributed by atoms with Crippen LogP contribution in [0.1, 0.15) is 52.4 Å². The van der Waals surface area contributed by atoms with Gasteiger partial charge in [0.05, 0.1) is 11.7 Å². The van der Waals surface area contributed by atoms with E-state index in [-0.39, 0.29) is 24.0 Å². The first-order valence-corrected chi connectivity index (χ1v) is 6.55. The minimum Gasteiger partial charge on any atom is -0.481 e. The third kappa shape index (κ3) is 6.00. The molecule has 0 bridgehead atoms. The summed E-state index contributed by atoms with van der Waals surface area (Å²) >= 11 is 0. The van der Waals surface area contributed by atoms with Crippen molar-refractivity contribution in [3.8, 4) is 0 Å². The van der Waals surface area contributed by atoms with Gasteiger partial charge in [-0.2, -0.15) is 0 Å². The number of carbonyl (C=O) groups is 2. The van der Waals surface area contributed by atoms with Crippen LogP contribution in [0, 0.1) is 0 Å². The molecule has 1 unspecified atom stereocenters. The number of rotatable bonds is 7. The van der Waals surface area contributed by atoms with Crippen molar-refractivity contribution in [3.63, 3.8) is 0 Å². The van der Waals surface area contributed by atoms with Gasteiger partial charge in [0.2, 0.25) is 5.91 Å². The number of carboxylic acids is 1. The minimum absolute atomic E-state index is 0.0197. The summed E-state index contributed by atoms with van der Waals surface area (Å²) in [4.78, 5) is 21.8. The Balaban J connectivity index is 2.05. The topological polar surface area (TPSA) is 75.6 Å². The van der Waals surface area contributed by atoms with Crippen molar-refractivity contribution < 1.29 is 19.4 Å². The Morgan fingerprint density at radius 1 is 1.33 bits per heavy atom. The standard InChI is InChI=1S/C13H23NO4/c1-13(2)8-7-10(18-13)9-14-11(15)5-3-4-6-12(16)17/h10H,3-9H2,1-2H3,(H,14,15)(H,16,17). The molecule has 2 N–H and O–H groups in total. The highest BCUT2D eigenvalue weighted by molar-refractivity contribution is 5.75. The van der Waals surface area contributed by atoms with Crippen molar-refractivity contribution in [2.45, 2.75) is 64.1 Å². The second-order valence-corrected chi connectivity index (χ2v) is 5.44. The average Bonchev–Trinajstić information content (AvgIpc) is 2.61. The van der Waals surface area contributed by atoms with Crippen LogP contribution in [0.2, 0.25) is 0 Å². The molecule has 0 saturated carbocycles. The fraction of sp³-hybridized carbons (Fsp3) is 0.846. The number of amides is 1. The number of hydrogen-bond acceptors (Lipinski definition) is 3. The molecule has 0 aromatic rings. The normalized spacial score (nSPS) is 21.8. The van der Waals surface area contributed by atoms with Crippen LogP contribution in [0.15, 0.2) is 0 Å². The molecule has 1 atom stereocenters. The third-order valence-corrected chi connectivity index (χ3v) is 3.13. The molecule has 0 aliphatic carbocycles. The predicted molar refractivity (Wildman–Crippen MR) is 67.3 cm³/mol. The highest BCUT2D eigenvalue weighted by Gasteiger charge is 2.31. The zero-order valence-electron chi connectivity index (χ0n) is 11.2. The van der Waals surface area contributed by atoms with Crippen LogP contribution in [-0.4, -0.2) is 35.2 Å². The quantitative estimate of drug-likeness (QED) is 0.681. The van der Waals surface area contributed by atoms with E-state index in [4.69, 9.17) is 9.84 Å². The van der Waals surface area contributed by atoms with E-state index in [1.165, 1.54) is 0 Å². The average molecular weight is 257 g/mol. The van der Waals surface area contributed by atoms with Crippen LogP contribution >= 0.6 is 0 Å². The SMILES string of the molecule is CC1(C)CCC(CNC(=O)CCCCC(=O)O)O1. The molecule has 1 rings (SSSR count). The van der Waals surface area contributed by atoms with Gasteiger partial charge in [0.15, 0.2) is 0 Å². The summed E-state index contributed by atoms with van der Waals surface area (Å²) in [5, 5.41) is 11.3. The zero-order valence-corrected chi connectivity index (χ0v) is 11.2. The van der Waals surface area contributed by atoms with Gasteiger partial charge in [0, 0.05) is 19.4 Å². The highest BCUT2D eigenvalue weighted by atomic mass is 16.5. The Kier molecular flexibility index (Phi) is 5.59. The van der Waals surface area contributed by atoms with Crippen molar-refractivity contribution >= 4 is 11.9 Å². The van der Waals surface area contributed by atoms with Gasteiger partial charge in [-0.1, -0.05) is 0 Å². The largest absolute Gasteiger partial charge is 0.481 e. The lowest BCUT2D eigenvalue weighted by atomic mass is 10.1. The number of aliphatic carboxylic acids is 1. The fourth-order valence-corrected chi connectivity index (χ4v) is 2.10. The van der Waals surface area contributed by atoms with E-state index in [0.29, 0.717) is 25.8 Å². The number of carbonyl (C=O) groups excluding carboxylic acids is 1. The van der Waals surface area contributed by atoms with Crippen molar-refractivity contribution in [2.75, 3.05) is 6.54 Å². The zero-order chi connectivity index (χ0) is 13.6. The van der Waals surface area contributed by atoms with E-state index in [1.807, 2.05) is 0 Å². The molecular formula is C13H23NO4. The third-order valence-electron chi connectivity index (χ3n) is 3.13. The maximum atomic E-state index is 11.5. The van der Waals surface area contributed by atoms with Crippen molar-refractivity contribution in [3.05, 3.63) is 0 Å². The van der Waals surface area contributed by atoms with Gasteiger partial charge in [-0.25, -0.2) is 0 Å². The number of nitrogens with one attached hydrogen (secondary N) is 1. The van der Waals surface area contributed by atoms with E-state index in [0.717, 1.165) is 12.8 Å². The monoisotopic (exact) mass is 257 g/mol. The molecule has 1 aliphatic rings. The van der Waals surface area contributed by atoms with Crippen LogP contribution in [0.5, 0.6) is 0 Å². The van der Waals surface area contributed by atoms with Gasteiger partial charge in [-0.3, -0.25) is 9.59 Å². The van der Waals surface area contributed by atoms with Crippen LogP contribution < -0.4 is 5.32 Å². The van der Waals surface area contributed by atoms with Gasteiger partial charge in [-0.05, 0) is 39.5 Å². The Labute approximate surface area is 108 Å². The smallest absolute Gasteiger partial charge is 0.303 e. The Hall–Kier alpha value is -1.10. The molecular weight excluding hydrogens is 234 g/mol. The second kappa shape index (κ2) is 6.73. The number of unbranched alkanes of at least 4 members (excludes halogenated alkanes) is 1. The van der Waals surface area contributed by atoms with E-state index in [1.54, 1.807) is 0 Å². The second-order valence-electron chi connectivity index (χ2n) is 5.44. The van der Waals surface area contributed by atoms with E-state index >= 15 is 0 Å². The summed E-state index contributed by atoms with van der Waals surface area (Å²) in [5.41, 5.74) is -0.0725. The first-order valence-electron chi connectivity index (χ1n) is 6.55. The molecule has 18 heavy (non-hydrogen) atoms. The first kappa shape index (κ1) is 15.0. The summed E-state index contributed by atoms with van der Waals surface area (Å²) < 4.78 is 5.76. The summed E-state index contributed by atoms with van der Waals surface area (Å²) in [6.07, 6.45) is 3.81. The molecule has 5 nitrogen and oxygen atoms in total. The van der Waals surface area contributed by atoms with Gasteiger partial charge in [-0.15, -0.1) is 0 Å². The summed E-state index contributed by atoms with van der Waals surface area (Å²) in [6, 6.07) is 0. The van der Waals surface area contributed by atoms with Crippen molar-refractivity contribution in [2.24, 2.45) is 0 Å². The van der Waals surface area contributed by atoms with Gasteiger partial charge < -0.3 is 15.2 Å².